The van der Waals surface area contributed by atoms with E-state index in [0.29, 0.717) is 5.75 Å². The first kappa shape index (κ1) is 9.18. The Morgan fingerprint density at radius 1 is 1.33 bits per heavy atom. The van der Waals surface area contributed by atoms with Crippen LogP contribution in [-0.2, 0) is 11.2 Å². The number of rotatable bonds is 2. The molecule has 0 radical (unpaired) electrons. The molecule has 0 spiro atoms. The predicted octanol–water partition coefficient (Wildman–Crippen LogP) is 1.82. The van der Waals surface area contributed by atoms with Crippen molar-refractivity contribution in [2.45, 2.75) is 11.8 Å². The Bertz CT molecular complexity index is 284. The maximum absolute atomic E-state index is 11.4. The molecule has 1 atom stereocenters. The summed E-state index contributed by atoms with van der Waals surface area (Å²) < 4.78 is 11.4. The second-order valence-electron chi connectivity index (χ2n) is 2.23. The number of benzene rings is 1. The first-order valence-corrected chi connectivity index (χ1v) is 4.99. The monoisotopic (exact) mass is 178 g/mol. The fourth-order valence-corrected chi connectivity index (χ4v) is 1.70. The lowest BCUT2D eigenvalue weighted by molar-refractivity contribution is 0.598. The zero-order valence-electron chi connectivity index (χ0n) is 6.91. The van der Waals surface area contributed by atoms with E-state index >= 15 is 0 Å². The largest absolute Gasteiger partial charge is 0.611 e. The molecule has 1 aromatic carbocycles. The average molecular weight is 178 g/mol. The first-order valence-electron chi connectivity index (χ1n) is 3.67. The zero-order valence-corrected chi connectivity index (χ0v) is 7.73. The lowest BCUT2D eigenvalue weighted by Gasteiger charge is -2.05. The maximum Gasteiger partial charge on any atom is 0.171 e. The van der Waals surface area contributed by atoms with Gasteiger partial charge < -0.3 is 4.55 Å². The second kappa shape index (κ2) is 4.87. The van der Waals surface area contributed by atoms with Crippen LogP contribution in [0.4, 0.5) is 0 Å². The van der Waals surface area contributed by atoms with Crippen LogP contribution in [0.5, 0.6) is 0 Å². The highest BCUT2D eigenvalue weighted by Crippen LogP contribution is 2.08. The Kier molecular flexibility index (Phi) is 3.72. The molecule has 62 valence electrons. The molecule has 1 nitrogen and oxygen atoms in total. The SMILES string of the molecule is CC#CC[S+]([O-])c1ccccc1. The van der Waals surface area contributed by atoms with E-state index < -0.39 is 11.2 Å². The van der Waals surface area contributed by atoms with Crippen LogP contribution in [0.25, 0.3) is 0 Å². The zero-order chi connectivity index (χ0) is 8.81. The normalized spacial score (nSPS) is 11.5. The van der Waals surface area contributed by atoms with Gasteiger partial charge in [0.05, 0.1) is 0 Å². The van der Waals surface area contributed by atoms with Crippen LogP contribution < -0.4 is 0 Å². The van der Waals surface area contributed by atoms with Gasteiger partial charge in [0.25, 0.3) is 0 Å². The third kappa shape index (κ3) is 2.61. The highest BCUT2D eigenvalue weighted by molar-refractivity contribution is 7.91. The van der Waals surface area contributed by atoms with E-state index in [-0.39, 0.29) is 0 Å². The van der Waals surface area contributed by atoms with E-state index in [4.69, 9.17) is 0 Å². The van der Waals surface area contributed by atoms with Crippen LogP contribution in [0.3, 0.4) is 0 Å². The van der Waals surface area contributed by atoms with E-state index in [2.05, 4.69) is 11.8 Å². The van der Waals surface area contributed by atoms with Crippen molar-refractivity contribution < 1.29 is 4.55 Å². The summed E-state index contributed by atoms with van der Waals surface area (Å²) >= 11 is -0.957. The molecule has 0 saturated heterocycles. The van der Waals surface area contributed by atoms with Crippen molar-refractivity contribution in [1.82, 2.24) is 0 Å². The molecule has 0 aliphatic heterocycles. The molecular weight excluding hydrogens is 168 g/mol. The fraction of sp³-hybridized carbons (Fsp3) is 0.200. The van der Waals surface area contributed by atoms with Crippen molar-refractivity contribution in [2.24, 2.45) is 0 Å². The molecule has 0 saturated carbocycles. The van der Waals surface area contributed by atoms with Gasteiger partial charge in [-0.1, -0.05) is 18.2 Å². The molecule has 2 heteroatoms. The fourth-order valence-electron chi connectivity index (χ4n) is 0.793. The van der Waals surface area contributed by atoms with Crippen LogP contribution in [0, 0.1) is 11.8 Å². The Hall–Kier alpha value is -0.910. The molecule has 1 rings (SSSR count). The Morgan fingerprint density at radius 2 is 2.00 bits per heavy atom. The number of hydrogen-bond donors (Lipinski definition) is 0. The lowest BCUT2D eigenvalue weighted by Crippen LogP contribution is -2.04. The Balaban J connectivity index is 2.63. The summed E-state index contributed by atoms with van der Waals surface area (Å²) in [6, 6.07) is 9.38. The van der Waals surface area contributed by atoms with Crippen LogP contribution in [0.1, 0.15) is 6.92 Å². The van der Waals surface area contributed by atoms with E-state index in [1.54, 1.807) is 6.92 Å². The highest BCUT2D eigenvalue weighted by atomic mass is 32.2. The molecule has 0 N–H and O–H groups in total. The molecule has 0 heterocycles. The molecule has 0 aliphatic rings. The third-order valence-electron chi connectivity index (χ3n) is 1.39. The molecule has 1 unspecified atom stereocenters. The molecule has 0 bridgehead atoms. The molecule has 0 aromatic heterocycles. The molecular formula is C10H10OS. The van der Waals surface area contributed by atoms with Gasteiger partial charge in [-0.15, -0.1) is 5.92 Å². The topological polar surface area (TPSA) is 23.1 Å². The summed E-state index contributed by atoms with van der Waals surface area (Å²) in [5.41, 5.74) is 0. The Labute approximate surface area is 76.0 Å². The molecule has 12 heavy (non-hydrogen) atoms. The van der Waals surface area contributed by atoms with Gasteiger partial charge in [0.15, 0.2) is 10.6 Å². The van der Waals surface area contributed by atoms with E-state index in [1.165, 1.54) is 0 Å². The van der Waals surface area contributed by atoms with Crippen LogP contribution >= 0.6 is 0 Å². The number of hydrogen-bond acceptors (Lipinski definition) is 1. The lowest BCUT2D eigenvalue weighted by atomic mass is 10.4. The van der Waals surface area contributed by atoms with Gasteiger partial charge in [-0.3, -0.25) is 0 Å². The van der Waals surface area contributed by atoms with Gasteiger partial charge in [-0.05, 0) is 36.2 Å². The van der Waals surface area contributed by atoms with Gasteiger partial charge in [0.2, 0.25) is 0 Å². The summed E-state index contributed by atoms with van der Waals surface area (Å²) in [6.07, 6.45) is 0. The van der Waals surface area contributed by atoms with Crippen molar-refractivity contribution in [1.29, 1.82) is 0 Å². The van der Waals surface area contributed by atoms with Crippen molar-refractivity contribution in [2.75, 3.05) is 5.75 Å². The minimum absolute atomic E-state index is 0.431. The minimum Gasteiger partial charge on any atom is -0.611 e. The van der Waals surface area contributed by atoms with Crippen LogP contribution in [-0.4, -0.2) is 10.3 Å². The summed E-state index contributed by atoms with van der Waals surface area (Å²) in [7, 11) is 0. The first-order chi connectivity index (χ1) is 5.84. The third-order valence-corrected chi connectivity index (χ3v) is 2.59. The highest BCUT2D eigenvalue weighted by Gasteiger charge is 2.06. The van der Waals surface area contributed by atoms with Gasteiger partial charge >= 0.3 is 0 Å². The molecule has 0 amide bonds. The van der Waals surface area contributed by atoms with Crippen molar-refractivity contribution in [3.8, 4) is 11.8 Å². The van der Waals surface area contributed by atoms with Crippen LogP contribution in [0.15, 0.2) is 35.2 Å². The van der Waals surface area contributed by atoms with Crippen molar-refractivity contribution in [3.63, 3.8) is 0 Å². The van der Waals surface area contributed by atoms with Gasteiger partial charge in [0.1, 0.15) is 0 Å². The molecule has 0 fully saturated rings. The summed E-state index contributed by atoms with van der Waals surface area (Å²) in [5, 5.41) is 0. The minimum atomic E-state index is -0.957. The summed E-state index contributed by atoms with van der Waals surface area (Å²) in [6.45, 7) is 1.75. The maximum atomic E-state index is 11.4. The van der Waals surface area contributed by atoms with Gasteiger partial charge in [0, 0.05) is 0 Å². The predicted molar refractivity (Wildman–Crippen MR) is 51.2 cm³/mol. The van der Waals surface area contributed by atoms with E-state index in [0.717, 1.165) is 4.90 Å². The van der Waals surface area contributed by atoms with E-state index in [1.807, 2.05) is 30.3 Å². The summed E-state index contributed by atoms with van der Waals surface area (Å²) in [4.78, 5) is 0.847. The summed E-state index contributed by atoms with van der Waals surface area (Å²) in [5.74, 6) is 5.95. The van der Waals surface area contributed by atoms with Gasteiger partial charge in [-0.2, -0.15) is 0 Å². The van der Waals surface area contributed by atoms with Crippen molar-refractivity contribution in [3.05, 3.63) is 30.3 Å². The van der Waals surface area contributed by atoms with Gasteiger partial charge in [-0.25, -0.2) is 0 Å². The van der Waals surface area contributed by atoms with E-state index in [9.17, 15) is 4.55 Å². The second-order valence-corrected chi connectivity index (χ2v) is 3.68. The standard InChI is InChI=1S/C10H10OS/c1-2-3-9-12(11)10-7-5-4-6-8-10/h4-8H,9H2,1H3. The smallest absolute Gasteiger partial charge is 0.171 e. The molecule has 1 aromatic rings. The Morgan fingerprint density at radius 3 is 2.58 bits per heavy atom. The quantitative estimate of drug-likeness (QED) is 0.500. The average Bonchev–Trinajstić information content (AvgIpc) is 2.15. The molecule has 0 aliphatic carbocycles. The van der Waals surface area contributed by atoms with Crippen LogP contribution in [0.2, 0.25) is 0 Å². The van der Waals surface area contributed by atoms with Crippen molar-refractivity contribution >= 4 is 11.2 Å².